The van der Waals surface area contributed by atoms with Crippen LogP contribution in [0, 0.1) is 5.41 Å². The summed E-state index contributed by atoms with van der Waals surface area (Å²) in [6.07, 6.45) is 2.65. The molecule has 1 aliphatic rings. The average Bonchev–Trinajstić information content (AvgIpc) is 2.74. The topological polar surface area (TPSA) is 67.2 Å². The van der Waals surface area contributed by atoms with Crippen LogP contribution >= 0.6 is 0 Å². The lowest BCUT2D eigenvalue weighted by molar-refractivity contribution is -0.131. The number of nitrogens with two attached hydrogens (primary N) is 1. The van der Waals surface area contributed by atoms with Gasteiger partial charge in [0, 0.05) is 19.1 Å². The second kappa shape index (κ2) is 5.47. The average molecular weight is 213 g/mol. The molecule has 1 saturated heterocycles. The van der Waals surface area contributed by atoms with Crippen LogP contribution in [0.5, 0.6) is 0 Å². The summed E-state index contributed by atoms with van der Waals surface area (Å²) in [5.74, 6) is 0.128. The van der Waals surface area contributed by atoms with Gasteiger partial charge in [-0.2, -0.15) is 0 Å². The highest BCUT2D eigenvalue weighted by Gasteiger charge is 2.34. The summed E-state index contributed by atoms with van der Waals surface area (Å²) in [5, 5.41) is 6.33. The van der Waals surface area contributed by atoms with Gasteiger partial charge < -0.3 is 16.4 Å². The zero-order valence-electron chi connectivity index (χ0n) is 9.81. The molecule has 4 nitrogen and oxygen atoms in total. The number of hydrogen-bond acceptors (Lipinski definition) is 3. The Hall–Kier alpha value is -0.610. The summed E-state index contributed by atoms with van der Waals surface area (Å²) < 4.78 is 0. The van der Waals surface area contributed by atoms with E-state index in [-0.39, 0.29) is 11.3 Å². The Morgan fingerprint density at radius 1 is 1.53 bits per heavy atom. The molecule has 1 heterocycles. The number of amides is 1. The third-order valence-electron chi connectivity index (χ3n) is 3.62. The molecule has 15 heavy (non-hydrogen) atoms. The van der Waals surface area contributed by atoms with Crippen LogP contribution in [0.3, 0.4) is 0 Å². The SMILES string of the molecule is CCC(CC)(CN)C(=O)NC1CCNC1. The molecular formula is C11H23N3O. The highest BCUT2D eigenvalue weighted by molar-refractivity contribution is 5.83. The summed E-state index contributed by atoms with van der Waals surface area (Å²) >= 11 is 0. The molecule has 0 aromatic rings. The predicted molar refractivity (Wildman–Crippen MR) is 61.5 cm³/mol. The Morgan fingerprint density at radius 3 is 2.60 bits per heavy atom. The van der Waals surface area contributed by atoms with Crippen LogP contribution in [0.4, 0.5) is 0 Å². The van der Waals surface area contributed by atoms with E-state index in [2.05, 4.69) is 10.6 Å². The monoisotopic (exact) mass is 213 g/mol. The molecule has 88 valence electrons. The first kappa shape index (κ1) is 12.5. The van der Waals surface area contributed by atoms with Gasteiger partial charge in [0.25, 0.3) is 0 Å². The van der Waals surface area contributed by atoms with Gasteiger partial charge in [-0.25, -0.2) is 0 Å². The Kier molecular flexibility index (Phi) is 4.54. The van der Waals surface area contributed by atoms with E-state index < -0.39 is 0 Å². The summed E-state index contributed by atoms with van der Waals surface area (Å²) in [6.45, 7) is 6.39. The number of carbonyl (C=O) groups is 1. The number of carbonyl (C=O) groups excluding carboxylic acids is 1. The summed E-state index contributed by atoms with van der Waals surface area (Å²) in [7, 11) is 0. The first-order valence-corrected chi connectivity index (χ1v) is 5.90. The minimum atomic E-state index is -0.359. The Bertz CT molecular complexity index is 200. The lowest BCUT2D eigenvalue weighted by Gasteiger charge is -2.30. The Balaban J connectivity index is 2.55. The first-order valence-electron chi connectivity index (χ1n) is 5.90. The predicted octanol–water partition coefficient (Wildman–Crippen LogP) is 0.230. The molecule has 0 radical (unpaired) electrons. The van der Waals surface area contributed by atoms with E-state index in [0.717, 1.165) is 32.4 Å². The first-order chi connectivity index (χ1) is 7.18. The van der Waals surface area contributed by atoms with Crippen LogP contribution in [0.15, 0.2) is 0 Å². The van der Waals surface area contributed by atoms with Crippen LogP contribution in [0.25, 0.3) is 0 Å². The van der Waals surface area contributed by atoms with E-state index in [1.54, 1.807) is 0 Å². The van der Waals surface area contributed by atoms with Gasteiger partial charge in [-0.1, -0.05) is 13.8 Å². The molecular weight excluding hydrogens is 190 g/mol. The van der Waals surface area contributed by atoms with Gasteiger partial charge in [-0.15, -0.1) is 0 Å². The molecule has 0 bridgehead atoms. The standard InChI is InChI=1S/C11H23N3O/c1-3-11(4-2,8-12)10(15)14-9-5-6-13-7-9/h9,13H,3-8,12H2,1-2H3,(H,14,15). The molecule has 1 atom stereocenters. The zero-order valence-corrected chi connectivity index (χ0v) is 9.81. The van der Waals surface area contributed by atoms with Gasteiger partial charge in [-0.05, 0) is 25.8 Å². The molecule has 0 spiro atoms. The van der Waals surface area contributed by atoms with Crippen molar-refractivity contribution in [3.05, 3.63) is 0 Å². The third kappa shape index (κ3) is 2.69. The highest BCUT2D eigenvalue weighted by Crippen LogP contribution is 2.25. The lowest BCUT2D eigenvalue weighted by atomic mass is 9.81. The number of hydrogen-bond donors (Lipinski definition) is 3. The minimum Gasteiger partial charge on any atom is -0.352 e. The quantitative estimate of drug-likeness (QED) is 0.612. The largest absolute Gasteiger partial charge is 0.352 e. The van der Waals surface area contributed by atoms with Gasteiger partial charge in [0.2, 0.25) is 5.91 Å². The molecule has 1 rings (SSSR count). The van der Waals surface area contributed by atoms with Gasteiger partial charge in [-0.3, -0.25) is 4.79 Å². The molecule has 4 heteroatoms. The lowest BCUT2D eigenvalue weighted by Crippen LogP contribution is -2.49. The van der Waals surface area contributed by atoms with E-state index >= 15 is 0 Å². The smallest absolute Gasteiger partial charge is 0.227 e. The summed E-state index contributed by atoms with van der Waals surface area (Å²) in [6, 6.07) is 0.293. The molecule has 0 aliphatic carbocycles. The molecule has 4 N–H and O–H groups in total. The van der Waals surface area contributed by atoms with E-state index in [0.29, 0.717) is 12.6 Å². The Labute approximate surface area is 92.0 Å². The molecule has 0 saturated carbocycles. The van der Waals surface area contributed by atoms with Crippen molar-refractivity contribution >= 4 is 5.91 Å². The fourth-order valence-corrected chi connectivity index (χ4v) is 2.07. The second-order valence-electron chi connectivity index (χ2n) is 4.35. The zero-order chi connectivity index (χ0) is 11.3. The van der Waals surface area contributed by atoms with Crippen LogP contribution in [0.2, 0.25) is 0 Å². The van der Waals surface area contributed by atoms with E-state index in [4.69, 9.17) is 5.73 Å². The van der Waals surface area contributed by atoms with Crippen molar-refractivity contribution < 1.29 is 4.79 Å². The van der Waals surface area contributed by atoms with Crippen molar-refractivity contribution in [1.82, 2.24) is 10.6 Å². The summed E-state index contributed by atoms with van der Waals surface area (Å²) in [4.78, 5) is 12.1. The Morgan fingerprint density at radius 2 is 2.20 bits per heavy atom. The van der Waals surface area contributed by atoms with Gasteiger partial charge in [0.15, 0.2) is 0 Å². The highest BCUT2D eigenvalue weighted by atomic mass is 16.2. The van der Waals surface area contributed by atoms with Gasteiger partial charge >= 0.3 is 0 Å². The fraction of sp³-hybridized carbons (Fsp3) is 0.909. The maximum Gasteiger partial charge on any atom is 0.227 e. The van der Waals surface area contributed by atoms with Gasteiger partial charge in [0.05, 0.1) is 5.41 Å². The van der Waals surface area contributed by atoms with Crippen molar-refractivity contribution in [2.45, 2.75) is 39.2 Å². The van der Waals surface area contributed by atoms with Crippen molar-refractivity contribution in [2.24, 2.45) is 11.1 Å². The van der Waals surface area contributed by atoms with Crippen LogP contribution in [-0.4, -0.2) is 31.6 Å². The van der Waals surface area contributed by atoms with E-state index in [1.807, 2.05) is 13.8 Å². The van der Waals surface area contributed by atoms with Crippen LogP contribution in [-0.2, 0) is 4.79 Å². The van der Waals surface area contributed by atoms with Crippen LogP contribution in [0.1, 0.15) is 33.1 Å². The molecule has 0 aromatic heterocycles. The number of rotatable bonds is 5. The normalized spacial score (nSPS) is 21.7. The summed E-state index contributed by atoms with van der Waals surface area (Å²) in [5.41, 5.74) is 5.37. The van der Waals surface area contributed by atoms with Crippen LogP contribution < -0.4 is 16.4 Å². The third-order valence-corrected chi connectivity index (χ3v) is 3.62. The van der Waals surface area contributed by atoms with Crippen molar-refractivity contribution in [2.75, 3.05) is 19.6 Å². The maximum absolute atomic E-state index is 12.1. The van der Waals surface area contributed by atoms with Crippen molar-refractivity contribution in [3.63, 3.8) is 0 Å². The molecule has 1 unspecified atom stereocenters. The molecule has 1 aliphatic heterocycles. The van der Waals surface area contributed by atoms with E-state index in [9.17, 15) is 4.79 Å². The molecule has 1 fully saturated rings. The van der Waals surface area contributed by atoms with Gasteiger partial charge in [0.1, 0.15) is 0 Å². The van der Waals surface area contributed by atoms with Crippen molar-refractivity contribution in [1.29, 1.82) is 0 Å². The molecule has 1 amide bonds. The van der Waals surface area contributed by atoms with Crippen molar-refractivity contribution in [3.8, 4) is 0 Å². The molecule has 0 aromatic carbocycles. The van der Waals surface area contributed by atoms with E-state index in [1.165, 1.54) is 0 Å². The number of nitrogens with one attached hydrogen (secondary N) is 2. The maximum atomic E-state index is 12.1. The fourth-order valence-electron chi connectivity index (χ4n) is 2.07. The minimum absolute atomic E-state index is 0.128. The second-order valence-corrected chi connectivity index (χ2v) is 4.35.